The highest BCUT2D eigenvalue weighted by Crippen LogP contribution is 2.46. The van der Waals surface area contributed by atoms with Crippen molar-refractivity contribution in [3.63, 3.8) is 0 Å². The van der Waals surface area contributed by atoms with Crippen molar-refractivity contribution >= 4 is 70.5 Å². The number of anilines is 3. The standard InChI is InChI=1S/C48H31NOS/c1-2-12-32(13-3-1)34-14-10-15-36(30-34)38-16-4-7-19-42(38)49(43-20-11-22-45-48(43)40-18-5-8-21-44(40)50-45)37-27-24-33(25-28-37)35-26-29-47-41(31-35)39-17-6-9-23-46(39)51-47/h1-31H. The van der Waals surface area contributed by atoms with E-state index in [1.54, 1.807) is 0 Å². The van der Waals surface area contributed by atoms with Crippen LogP contribution in [0.15, 0.2) is 192 Å². The maximum atomic E-state index is 6.40. The smallest absolute Gasteiger partial charge is 0.137 e. The normalized spacial score (nSPS) is 11.5. The molecule has 0 unspecified atom stereocenters. The number of rotatable bonds is 6. The average molecular weight is 670 g/mol. The van der Waals surface area contributed by atoms with Crippen LogP contribution in [0.25, 0.3) is 75.5 Å². The zero-order valence-electron chi connectivity index (χ0n) is 27.7. The van der Waals surface area contributed by atoms with Gasteiger partial charge in [0.15, 0.2) is 0 Å². The molecule has 10 rings (SSSR count). The van der Waals surface area contributed by atoms with Gasteiger partial charge in [0, 0.05) is 36.8 Å². The van der Waals surface area contributed by atoms with Crippen molar-refractivity contribution in [2.24, 2.45) is 0 Å². The summed E-state index contributed by atoms with van der Waals surface area (Å²) in [4.78, 5) is 2.40. The highest BCUT2D eigenvalue weighted by Gasteiger charge is 2.22. The summed E-state index contributed by atoms with van der Waals surface area (Å²) in [7, 11) is 0. The molecule has 2 nitrogen and oxygen atoms in total. The molecule has 0 spiro atoms. The fourth-order valence-electron chi connectivity index (χ4n) is 7.47. The monoisotopic (exact) mass is 669 g/mol. The first-order chi connectivity index (χ1) is 25.3. The average Bonchev–Trinajstić information content (AvgIpc) is 3.77. The van der Waals surface area contributed by atoms with Crippen LogP contribution in [0, 0.1) is 0 Å². The molecule has 10 aromatic rings. The van der Waals surface area contributed by atoms with Gasteiger partial charge in [-0.3, -0.25) is 0 Å². The van der Waals surface area contributed by atoms with Crippen LogP contribution in [-0.2, 0) is 0 Å². The molecule has 0 amide bonds. The highest BCUT2D eigenvalue weighted by molar-refractivity contribution is 7.25. The van der Waals surface area contributed by atoms with Crippen molar-refractivity contribution in [3.8, 4) is 33.4 Å². The first kappa shape index (κ1) is 29.5. The van der Waals surface area contributed by atoms with Gasteiger partial charge in [-0.15, -0.1) is 11.3 Å². The molecule has 2 aromatic heterocycles. The Morgan fingerprint density at radius 1 is 0.373 bits per heavy atom. The second-order valence-electron chi connectivity index (χ2n) is 12.9. The van der Waals surface area contributed by atoms with Gasteiger partial charge in [0.1, 0.15) is 11.2 Å². The molecule has 8 aromatic carbocycles. The fourth-order valence-corrected chi connectivity index (χ4v) is 8.55. The number of furan rings is 1. The Bertz CT molecular complexity index is 2860. The van der Waals surface area contributed by atoms with E-state index in [1.165, 1.54) is 42.4 Å². The molecule has 0 radical (unpaired) electrons. The van der Waals surface area contributed by atoms with Gasteiger partial charge in [-0.25, -0.2) is 0 Å². The van der Waals surface area contributed by atoms with Gasteiger partial charge in [-0.2, -0.15) is 0 Å². The summed E-state index contributed by atoms with van der Waals surface area (Å²) < 4.78 is 9.04. The molecule has 0 N–H and O–H groups in total. The lowest BCUT2D eigenvalue weighted by Crippen LogP contribution is -2.11. The van der Waals surface area contributed by atoms with E-state index in [4.69, 9.17) is 4.42 Å². The number of thiophene rings is 1. The topological polar surface area (TPSA) is 16.4 Å². The minimum atomic E-state index is 0.871. The van der Waals surface area contributed by atoms with Gasteiger partial charge in [0.25, 0.3) is 0 Å². The molecule has 0 atom stereocenters. The first-order valence-corrected chi connectivity index (χ1v) is 18.1. The summed E-state index contributed by atoms with van der Waals surface area (Å²) in [6.07, 6.45) is 0. The molecule has 0 aliphatic rings. The lowest BCUT2D eigenvalue weighted by molar-refractivity contribution is 0.669. The number of benzene rings is 8. The van der Waals surface area contributed by atoms with E-state index in [9.17, 15) is 0 Å². The zero-order chi connectivity index (χ0) is 33.7. The summed E-state index contributed by atoms with van der Waals surface area (Å²) >= 11 is 1.85. The van der Waals surface area contributed by atoms with Gasteiger partial charge >= 0.3 is 0 Å². The second kappa shape index (κ2) is 12.2. The number of hydrogen-bond acceptors (Lipinski definition) is 3. The summed E-state index contributed by atoms with van der Waals surface area (Å²) in [6.45, 7) is 0. The van der Waals surface area contributed by atoms with Crippen LogP contribution in [0.4, 0.5) is 17.1 Å². The number of hydrogen-bond donors (Lipinski definition) is 0. The third-order valence-corrected chi connectivity index (χ3v) is 11.0. The van der Waals surface area contributed by atoms with Crippen LogP contribution < -0.4 is 4.90 Å². The van der Waals surface area contributed by atoms with Crippen molar-refractivity contribution in [1.29, 1.82) is 0 Å². The summed E-state index contributed by atoms with van der Waals surface area (Å²) in [5, 5.41) is 4.82. The van der Waals surface area contributed by atoms with E-state index in [2.05, 4.69) is 187 Å². The maximum Gasteiger partial charge on any atom is 0.137 e. The first-order valence-electron chi connectivity index (χ1n) is 17.3. The molecule has 0 saturated carbocycles. The second-order valence-corrected chi connectivity index (χ2v) is 14.0. The Kier molecular flexibility index (Phi) is 7.04. The van der Waals surface area contributed by atoms with Crippen molar-refractivity contribution < 1.29 is 4.42 Å². The fraction of sp³-hybridized carbons (Fsp3) is 0. The van der Waals surface area contributed by atoms with Crippen molar-refractivity contribution in [1.82, 2.24) is 0 Å². The maximum absolute atomic E-state index is 6.40. The van der Waals surface area contributed by atoms with Crippen LogP contribution in [-0.4, -0.2) is 0 Å². The molecule has 0 saturated heterocycles. The van der Waals surface area contributed by atoms with Gasteiger partial charge in [-0.05, 0) is 88.5 Å². The SMILES string of the molecule is c1ccc(-c2cccc(-c3ccccc3N(c3ccc(-c4ccc5sc6ccccc6c5c4)cc3)c3cccc4oc5ccccc5c34)c2)cc1. The van der Waals surface area contributed by atoms with E-state index < -0.39 is 0 Å². The Labute approximate surface area is 300 Å². The van der Waals surface area contributed by atoms with Gasteiger partial charge in [0.2, 0.25) is 0 Å². The van der Waals surface area contributed by atoms with Crippen molar-refractivity contribution in [3.05, 3.63) is 188 Å². The molecule has 240 valence electrons. The number of nitrogens with zero attached hydrogens (tertiary/aromatic N) is 1. The lowest BCUT2D eigenvalue weighted by Gasteiger charge is -2.29. The molecule has 0 bridgehead atoms. The summed E-state index contributed by atoms with van der Waals surface area (Å²) in [5.41, 5.74) is 12.1. The Morgan fingerprint density at radius 2 is 0.980 bits per heavy atom. The van der Waals surface area contributed by atoms with E-state index in [-0.39, 0.29) is 0 Å². The molecule has 3 heteroatoms. The number of para-hydroxylation sites is 2. The molecular weight excluding hydrogens is 639 g/mol. The van der Waals surface area contributed by atoms with E-state index in [0.717, 1.165) is 50.1 Å². The molecule has 0 aliphatic heterocycles. The summed E-state index contributed by atoms with van der Waals surface area (Å²) in [6, 6.07) is 67.4. The predicted octanol–water partition coefficient (Wildman–Crippen LogP) is 14.4. The van der Waals surface area contributed by atoms with E-state index in [0.29, 0.717) is 0 Å². The Balaban J connectivity index is 1.15. The zero-order valence-corrected chi connectivity index (χ0v) is 28.5. The third-order valence-electron chi connectivity index (χ3n) is 9.88. The van der Waals surface area contributed by atoms with Crippen LogP contribution in [0.2, 0.25) is 0 Å². The molecule has 0 aliphatic carbocycles. The predicted molar refractivity (Wildman–Crippen MR) is 218 cm³/mol. The molecule has 2 heterocycles. The van der Waals surface area contributed by atoms with E-state index >= 15 is 0 Å². The summed E-state index contributed by atoms with van der Waals surface area (Å²) in [5.74, 6) is 0. The lowest BCUT2D eigenvalue weighted by atomic mass is 9.96. The van der Waals surface area contributed by atoms with Gasteiger partial charge in [0.05, 0.1) is 16.8 Å². The number of fused-ring (bicyclic) bond motifs is 6. The van der Waals surface area contributed by atoms with Crippen LogP contribution >= 0.6 is 11.3 Å². The highest BCUT2D eigenvalue weighted by atomic mass is 32.1. The Hall–Kier alpha value is -6.42. The Morgan fingerprint density at radius 3 is 1.88 bits per heavy atom. The minimum Gasteiger partial charge on any atom is -0.456 e. The minimum absolute atomic E-state index is 0.871. The van der Waals surface area contributed by atoms with Crippen LogP contribution in [0.3, 0.4) is 0 Å². The molecule has 51 heavy (non-hydrogen) atoms. The van der Waals surface area contributed by atoms with E-state index in [1.807, 2.05) is 17.4 Å². The van der Waals surface area contributed by atoms with Crippen molar-refractivity contribution in [2.75, 3.05) is 4.90 Å². The van der Waals surface area contributed by atoms with Gasteiger partial charge in [-0.1, -0.05) is 127 Å². The van der Waals surface area contributed by atoms with Crippen molar-refractivity contribution in [2.45, 2.75) is 0 Å². The van der Waals surface area contributed by atoms with Gasteiger partial charge < -0.3 is 9.32 Å². The molecular formula is C48H31NOS. The third kappa shape index (κ3) is 5.10. The quantitative estimate of drug-likeness (QED) is 0.175. The molecule has 0 fully saturated rings. The largest absolute Gasteiger partial charge is 0.456 e. The van der Waals surface area contributed by atoms with Crippen LogP contribution in [0.5, 0.6) is 0 Å². The van der Waals surface area contributed by atoms with Crippen LogP contribution in [0.1, 0.15) is 0 Å².